The monoisotopic (exact) mass is 128 g/mol. The highest BCUT2D eigenvalue weighted by atomic mass is 15.5. The van der Waals surface area contributed by atoms with Gasteiger partial charge < -0.3 is 0 Å². The molecule has 1 saturated heterocycles. The van der Waals surface area contributed by atoms with E-state index >= 15 is 0 Å². The largest absolute Gasteiger partial charge is 0.268 e. The molecule has 1 unspecified atom stereocenters. The maximum Gasteiger partial charge on any atom is 0.0321 e. The van der Waals surface area contributed by atoms with Crippen molar-refractivity contribution in [3.05, 3.63) is 0 Å². The quantitative estimate of drug-likeness (QED) is 0.493. The lowest BCUT2D eigenvalue weighted by Gasteiger charge is -2.30. The summed E-state index contributed by atoms with van der Waals surface area (Å²) in [7, 11) is 0. The summed E-state index contributed by atoms with van der Waals surface area (Å²) in [6, 6.07) is 0. The zero-order valence-electron chi connectivity index (χ0n) is 6.52. The molecule has 0 aromatic carbocycles. The fourth-order valence-corrected chi connectivity index (χ4v) is 1.26. The van der Waals surface area contributed by atoms with Crippen LogP contribution in [0.2, 0.25) is 0 Å². The smallest absolute Gasteiger partial charge is 0.0321 e. The lowest BCUT2D eigenvalue weighted by atomic mass is 9.91. The molecule has 0 aliphatic carbocycles. The van der Waals surface area contributed by atoms with E-state index < -0.39 is 0 Å². The van der Waals surface area contributed by atoms with E-state index in [0.717, 1.165) is 12.5 Å². The van der Waals surface area contributed by atoms with Gasteiger partial charge in [0.2, 0.25) is 0 Å². The Balaban J connectivity index is 2.66. The Morgan fingerprint density at radius 1 is 1.56 bits per heavy atom. The maximum absolute atomic E-state index is 5.74. The summed E-state index contributed by atoms with van der Waals surface area (Å²) >= 11 is 0. The molecule has 2 N–H and O–H groups in total. The lowest BCUT2D eigenvalue weighted by Crippen LogP contribution is -2.46. The summed E-state index contributed by atoms with van der Waals surface area (Å²) in [6.07, 6.45) is 1.24. The number of hydrazine groups is 1. The highest BCUT2D eigenvalue weighted by molar-refractivity contribution is 4.89. The van der Waals surface area contributed by atoms with E-state index in [2.05, 4.69) is 20.8 Å². The molecule has 1 atom stereocenters. The fraction of sp³-hybridized carbons (Fsp3) is 1.00. The topological polar surface area (TPSA) is 29.3 Å². The van der Waals surface area contributed by atoms with Crippen LogP contribution in [0.4, 0.5) is 0 Å². The highest BCUT2D eigenvalue weighted by Crippen LogP contribution is 2.30. The Kier molecular flexibility index (Phi) is 1.53. The molecular formula is C7H16N2. The van der Waals surface area contributed by atoms with Gasteiger partial charge in [0.1, 0.15) is 0 Å². The number of nitrogens with zero attached hydrogens (tertiary/aromatic N) is 1. The van der Waals surface area contributed by atoms with Gasteiger partial charge >= 0.3 is 0 Å². The second kappa shape index (κ2) is 1.96. The number of hydrogen-bond acceptors (Lipinski definition) is 2. The van der Waals surface area contributed by atoms with Crippen molar-refractivity contribution in [2.45, 2.75) is 32.7 Å². The van der Waals surface area contributed by atoms with Crippen molar-refractivity contribution in [3.63, 3.8) is 0 Å². The van der Waals surface area contributed by atoms with Crippen LogP contribution in [0.1, 0.15) is 27.2 Å². The molecule has 2 nitrogen and oxygen atoms in total. The summed E-state index contributed by atoms with van der Waals surface area (Å²) < 4.78 is 0. The van der Waals surface area contributed by atoms with Gasteiger partial charge in [0.25, 0.3) is 0 Å². The van der Waals surface area contributed by atoms with Crippen LogP contribution >= 0.6 is 0 Å². The standard InChI is InChI=1S/C7H16N2/c1-6-4-5-9(8)7(6,2)3/h6H,4-5,8H2,1-3H3. The first-order valence-electron chi connectivity index (χ1n) is 3.57. The van der Waals surface area contributed by atoms with Crippen LogP contribution in [0.5, 0.6) is 0 Å². The molecule has 1 aliphatic rings. The SMILES string of the molecule is CC1CCN(N)C1(C)C. The van der Waals surface area contributed by atoms with Crippen molar-refractivity contribution in [3.8, 4) is 0 Å². The second-order valence-electron chi connectivity index (χ2n) is 3.54. The molecule has 0 amide bonds. The predicted molar refractivity (Wildman–Crippen MR) is 38.8 cm³/mol. The molecule has 1 rings (SSSR count). The zero-order chi connectivity index (χ0) is 7.07. The van der Waals surface area contributed by atoms with Crippen LogP contribution in [-0.2, 0) is 0 Å². The van der Waals surface area contributed by atoms with Crippen molar-refractivity contribution in [1.82, 2.24) is 5.01 Å². The van der Waals surface area contributed by atoms with Gasteiger partial charge in [-0.2, -0.15) is 0 Å². The lowest BCUT2D eigenvalue weighted by molar-refractivity contribution is 0.147. The molecule has 0 aromatic rings. The van der Waals surface area contributed by atoms with Crippen molar-refractivity contribution >= 4 is 0 Å². The van der Waals surface area contributed by atoms with E-state index in [4.69, 9.17) is 5.84 Å². The number of rotatable bonds is 0. The maximum atomic E-state index is 5.74. The second-order valence-corrected chi connectivity index (χ2v) is 3.54. The van der Waals surface area contributed by atoms with E-state index in [1.807, 2.05) is 5.01 Å². The van der Waals surface area contributed by atoms with Gasteiger partial charge in [-0.1, -0.05) is 6.92 Å². The van der Waals surface area contributed by atoms with Crippen molar-refractivity contribution in [2.24, 2.45) is 11.8 Å². The third-order valence-electron chi connectivity index (χ3n) is 2.75. The molecule has 0 spiro atoms. The predicted octanol–water partition coefficient (Wildman–Crippen LogP) is 0.980. The van der Waals surface area contributed by atoms with E-state index in [1.165, 1.54) is 6.42 Å². The first kappa shape index (κ1) is 7.03. The van der Waals surface area contributed by atoms with Gasteiger partial charge in [0, 0.05) is 12.1 Å². The molecule has 0 radical (unpaired) electrons. The summed E-state index contributed by atoms with van der Waals surface area (Å²) in [6.45, 7) is 7.70. The molecular weight excluding hydrogens is 112 g/mol. The van der Waals surface area contributed by atoms with Crippen LogP contribution in [0, 0.1) is 5.92 Å². The minimum absolute atomic E-state index is 0.222. The van der Waals surface area contributed by atoms with E-state index in [9.17, 15) is 0 Å². The molecule has 54 valence electrons. The summed E-state index contributed by atoms with van der Waals surface area (Å²) in [5.74, 6) is 6.47. The van der Waals surface area contributed by atoms with Crippen LogP contribution < -0.4 is 5.84 Å². The van der Waals surface area contributed by atoms with Crippen LogP contribution in [0.3, 0.4) is 0 Å². The van der Waals surface area contributed by atoms with Gasteiger partial charge in [-0.3, -0.25) is 5.84 Å². The third kappa shape index (κ3) is 0.970. The number of nitrogens with two attached hydrogens (primary N) is 1. The molecule has 0 saturated carbocycles. The molecule has 0 bridgehead atoms. The van der Waals surface area contributed by atoms with Gasteiger partial charge in [-0.15, -0.1) is 0 Å². The van der Waals surface area contributed by atoms with Gasteiger partial charge in [-0.25, -0.2) is 5.01 Å². The fourth-order valence-electron chi connectivity index (χ4n) is 1.26. The Morgan fingerprint density at radius 2 is 2.11 bits per heavy atom. The van der Waals surface area contributed by atoms with Gasteiger partial charge in [0.15, 0.2) is 0 Å². The average Bonchev–Trinajstić information content (AvgIpc) is 1.96. The van der Waals surface area contributed by atoms with Crippen LogP contribution in [-0.4, -0.2) is 17.1 Å². The van der Waals surface area contributed by atoms with E-state index in [0.29, 0.717) is 0 Å². The summed E-state index contributed by atoms with van der Waals surface area (Å²) in [5.41, 5.74) is 0.222. The summed E-state index contributed by atoms with van der Waals surface area (Å²) in [5, 5.41) is 1.94. The van der Waals surface area contributed by atoms with E-state index in [1.54, 1.807) is 0 Å². The molecule has 9 heavy (non-hydrogen) atoms. The molecule has 2 heteroatoms. The highest BCUT2D eigenvalue weighted by Gasteiger charge is 2.36. The summed E-state index contributed by atoms with van der Waals surface area (Å²) in [4.78, 5) is 0. The number of hydrogen-bond donors (Lipinski definition) is 1. The normalized spacial score (nSPS) is 35.3. The Morgan fingerprint density at radius 3 is 2.22 bits per heavy atom. The van der Waals surface area contributed by atoms with Crippen molar-refractivity contribution in [1.29, 1.82) is 0 Å². The van der Waals surface area contributed by atoms with E-state index in [-0.39, 0.29) is 5.54 Å². The third-order valence-corrected chi connectivity index (χ3v) is 2.75. The van der Waals surface area contributed by atoms with Gasteiger partial charge in [-0.05, 0) is 26.2 Å². The molecule has 0 aromatic heterocycles. The van der Waals surface area contributed by atoms with Crippen LogP contribution in [0.25, 0.3) is 0 Å². The zero-order valence-corrected chi connectivity index (χ0v) is 6.52. The first-order chi connectivity index (χ1) is 4.05. The Labute approximate surface area is 57.0 Å². The van der Waals surface area contributed by atoms with Crippen LogP contribution in [0.15, 0.2) is 0 Å². The Bertz CT molecular complexity index is 97.5. The molecule has 1 aliphatic heterocycles. The molecule has 1 fully saturated rings. The first-order valence-corrected chi connectivity index (χ1v) is 3.57. The minimum atomic E-state index is 0.222. The van der Waals surface area contributed by atoms with Crippen molar-refractivity contribution < 1.29 is 0 Å². The Hall–Kier alpha value is -0.0800. The average molecular weight is 128 g/mol. The molecule has 1 heterocycles. The van der Waals surface area contributed by atoms with Crippen molar-refractivity contribution in [2.75, 3.05) is 6.54 Å². The minimum Gasteiger partial charge on any atom is -0.268 e. The van der Waals surface area contributed by atoms with Gasteiger partial charge in [0.05, 0.1) is 0 Å².